The highest BCUT2D eigenvalue weighted by molar-refractivity contribution is 6.25. The SMILES string of the molecule is CC1(C)c2ccccc2-c2c(-c3c4ccc(N5c6ccccc6CCc6ccccc65)cc4c(-c4cccc5c4-c4ccccc4C5(C)C)c4ccc(N5c6ccccc6CCc6ccccc65)cc34)cccc21. The molecule has 0 fully saturated rings. The van der Waals surface area contributed by atoms with Crippen LogP contribution in [-0.2, 0) is 36.5 Å². The molecule has 354 valence electrons. The molecule has 15 rings (SSSR count). The smallest absolute Gasteiger partial charge is 0.0493 e. The van der Waals surface area contributed by atoms with Gasteiger partial charge in [-0.3, -0.25) is 0 Å². The van der Waals surface area contributed by atoms with Crippen LogP contribution in [0.4, 0.5) is 34.1 Å². The highest BCUT2D eigenvalue weighted by Gasteiger charge is 2.40. The first kappa shape index (κ1) is 43.2. The maximum atomic E-state index is 2.55. The van der Waals surface area contributed by atoms with Crippen molar-refractivity contribution in [1.82, 2.24) is 0 Å². The van der Waals surface area contributed by atoms with E-state index in [1.807, 2.05) is 0 Å². The lowest BCUT2D eigenvalue weighted by Crippen LogP contribution is -2.14. The molecule has 0 saturated carbocycles. The predicted octanol–water partition coefficient (Wildman–Crippen LogP) is 19.1. The molecule has 0 amide bonds. The number of fused-ring (bicyclic) bond motifs is 12. The van der Waals surface area contributed by atoms with E-state index >= 15 is 0 Å². The highest BCUT2D eigenvalue weighted by atomic mass is 15.2. The molecule has 11 aromatic carbocycles. The third kappa shape index (κ3) is 6.12. The minimum absolute atomic E-state index is 0.163. The Labute approximate surface area is 434 Å². The molecule has 2 aliphatic heterocycles. The second-order valence-corrected chi connectivity index (χ2v) is 22.2. The summed E-state index contributed by atoms with van der Waals surface area (Å²) >= 11 is 0. The number of nitrogens with zero attached hydrogens (tertiary/aromatic N) is 2. The Morgan fingerprint density at radius 3 is 0.959 bits per heavy atom. The molecular formula is C72H56N2. The van der Waals surface area contributed by atoms with E-state index in [9.17, 15) is 0 Å². The number of aryl methyl sites for hydroxylation is 4. The first-order valence-corrected chi connectivity index (χ1v) is 26.7. The molecule has 0 bridgehead atoms. The predicted molar refractivity (Wildman–Crippen MR) is 312 cm³/mol. The van der Waals surface area contributed by atoms with Crippen LogP contribution in [0.5, 0.6) is 0 Å². The molecule has 0 radical (unpaired) electrons. The molecule has 0 aromatic heterocycles. The van der Waals surface area contributed by atoms with Gasteiger partial charge in [0.25, 0.3) is 0 Å². The molecule has 2 nitrogen and oxygen atoms in total. The van der Waals surface area contributed by atoms with Crippen molar-refractivity contribution in [2.45, 2.75) is 64.2 Å². The van der Waals surface area contributed by atoms with Crippen LogP contribution in [0, 0.1) is 0 Å². The van der Waals surface area contributed by atoms with Gasteiger partial charge in [-0.2, -0.15) is 0 Å². The van der Waals surface area contributed by atoms with Gasteiger partial charge in [0.05, 0.1) is 0 Å². The summed E-state index contributed by atoms with van der Waals surface area (Å²) in [6.45, 7) is 9.63. The third-order valence-corrected chi connectivity index (χ3v) is 17.6. The molecular weight excluding hydrogens is 893 g/mol. The zero-order valence-electron chi connectivity index (χ0n) is 42.5. The monoisotopic (exact) mass is 948 g/mol. The molecule has 11 aromatic rings. The molecule has 0 spiro atoms. The molecule has 0 N–H and O–H groups in total. The van der Waals surface area contributed by atoms with Crippen molar-refractivity contribution in [2.24, 2.45) is 0 Å². The largest absolute Gasteiger partial charge is 0.310 e. The van der Waals surface area contributed by atoms with Gasteiger partial charge in [0.2, 0.25) is 0 Å². The number of anilines is 6. The van der Waals surface area contributed by atoms with Crippen LogP contribution in [0.25, 0.3) is 66.1 Å². The third-order valence-electron chi connectivity index (χ3n) is 17.6. The van der Waals surface area contributed by atoms with Gasteiger partial charge in [0, 0.05) is 45.0 Å². The van der Waals surface area contributed by atoms with E-state index in [2.05, 4.69) is 256 Å². The van der Waals surface area contributed by atoms with Gasteiger partial charge in [-0.15, -0.1) is 0 Å². The van der Waals surface area contributed by atoms with Gasteiger partial charge < -0.3 is 9.80 Å². The standard InChI is InChI=1S/C72H56N2/c1-71(2)59-27-11-9-23-53(59)69-55(25-17-29-61(69)71)67-51-41-39-50(74-65-33-15-7-21-47(65)37-38-48-22-8-16-34-66(48)74)44-58(51)68(56-26-18-30-62-70(56)54-24-10-12-28-60(54)72(62,3)4)52-42-40-49(43-57(52)67)73-63-31-13-5-19-45(63)35-36-46-20-6-14-32-64(46)73/h5-34,39-44H,35-38H2,1-4H3. The minimum atomic E-state index is -0.163. The van der Waals surface area contributed by atoms with Crippen molar-refractivity contribution < 1.29 is 0 Å². The summed E-state index contributed by atoms with van der Waals surface area (Å²) in [5.74, 6) is 0. The Balaban J connectivity index is 1.12. The topological polar surface area (TPSA) is 6.48 Å². The Morgan fingerprint density at radius 1 is 0.270 bits per heavy atom. The molecule has 2 heterocycles. The van der Waals surface area contributed by atoms with Gasteiger partial charge >= 0.3 is 0 Å². The zero-order valence-corrected chi connectivity index (χ0v) is 42.5. The summed E-state index contributed by atoms with van der Waals surface area (Å²) in [6.07, 6.45) is 3.98. The number of hydrogen-bond acceptors (Lipinski definition) is 2. The van der Waals surface area contributed by atoms with Crippen LogP contribution in [0.1, 0.15) is 72.2 Å². The summed E-state index contributed by atoms with van der Waals surface area (Å²) < 4.78 is 0. The van der Waals surface area contributed by atoms with Gasteiger partial charge in [-0.1, -0.05) is 198 Å². The van der Waals surface area contributed by atoms with Crippen molar-refractivity contribution in [2.75, 3.05) is 9.80 Å². The normalized spacial score (nSPS) is 15.2. The van der Waals surface area contributed by atoms with E-state index in [0.717, 1.165) is 25.7 Å². The van der Waals surface area contributed by atoms with Crippen molar-refractivity contribution in [3.8, 4) is 44.5 Å². The van der Waals surface area contributed by atoms with Crippen molar-refractivity contribution in [1.29, 1.82) is 0 Å². The van der Waals surface area contributed by atoms with Crippen LogP contribution in [-0.4, -0.2) is 0 Å². The van der Waals surface area contributed by atoms with E-state index in [1.165, 1.54) is 145 Å². The molecule has 0 saturated heterocycles. The summed E-state index contributed by atoms with van der Waals surface area (Å²) in [5, 5.41) is 5.00. The van der Waals surface area contributed by atoms with E-state index in [4.69, 9.17) is 0 Å². The quantitative estimate of drug-likeness (QED) is 0.162. The number of hydrogen-bond donors (Lipinski definition) is 0. The fourth-order valence-corrected chi connectivity index (χ4v) is 14.1. The fourth-order valence-electron chi connectivity index (χ4n) is 14.1. The van der Waals surface area contributed by atoms with E-state index in [-0.39, 0.29) is 10.8 Å². The number of rotatable bonds is 4. The van der Waals surface area contributed by atoms with Crippen molar-refractivity contribution >= 4 is 55.7 Å². The molecule has 0 atom stereocenters. The number of para-hydroxylation sites is 4. The van der Waals surface area contributed by atoms with Gasteiger partial charge in [-0.05, 0) is 185 Å². The lowest BCUT2D eigenvalue weighted by atomic mass is 9.79. The molecule has 74 heavy (non-hydrogen) atoms. The van der Waals surface area contributed by atoms with Crippen LogP contribution >= 0.6 is 0 Å². The van der Waals surface area contributed by atoms with Crippen LogP contribution < -0.4 is 9.80 Å². The maximum absolute atomic E-state index is 2.55. The molecule has 4 aliphatic rings. The van der Waals surface area contributed by atoms with E-state index < -0.39 is 0 Å². The summed E-state index contributed by atoms with van der Waals surface area (Å²) in [7, 11) is 0. The summed E-state index contributed by atoms with van der Waals surface area (Å²) in [6, 6.07) is 83.7. The van der Waals surface area contributed by atoms with Gasteiger partial charge in [0.1, 0.15) is 0 Å². The first-order valence-electron chi connectivity index (χ1n) is 26.7. The summed E-state index contributed by atoms with van der Waals surface area (Å²) in [4.78, 5) is 5.10. The molecule has 2 aliphatic carbocycles. The van der Waals surface area contributed by atoms with E-state index in [1.54, 1.807) is 0 Å². The first-order chi connectivity index (χ1) is 36.3. The lowest BCUT2D eigenvalue weighted by Gasteiger charge is -2.30. The minimum Gasteiger partial charge on any atom is -0.310 e. The number of benzene rings is 11. The van der Waals surface area contributed by atoms with Crippen LogP contribution in [0.2, 0.25) is 0 Å². The van der Waals surface area contributed by atoms with Crippen molar-refractivity contribution in [3.63, 3.8) is 0 Å². The van der Waals surface area contributed by atoms with Crippen LogP contribution in [0.15, 0.2) is 218 Å². The summed E-state index contributed by atoms with van der Waals surface area (Å²) in [5.41, 5.74) is 28.4. The fraction of sp³-hybridized carbons (Fsp3) is 0.139. The second kappa shape index (κ2) is 16.0. The lowest BCUT2D eigenvalue weighted by molar-refractivity contribution is 0.660. The van der Waals surface area contributed by atoms with Gasteiger partial charge in [0.15, 0.2) is 0 Å². The highest BCUT2D eigenvalue weighted by Crippen LogP contribution is 2.59. The molecule has 0 unspecified atom stereocenters. The van der Waals surface area contributed by atoms with Crippen LogP contribution in [0.3, 0.4) is 0 Å². The Morgan fingerprint density at radius 2 is 0.581 bits per heavy atom. The Hall–Kier alpha value is -8.46. The second-order valence-electron chi connectivity index (χ2n) is 22.2. The Kier molecular flexibility index (Phi) is 9.34. The maximum Gasteiger partial charge on any atom is 0.0493 e. The van der Waals surface area contributed by atoms with Gasteiger partial charge in [-0.25, -0.2) is 0 Å². The average Bonchev–Trinajstić information content (AvgIpc) is 3.64. The van der Waals surface area contributed by atoms with Crippen molar-refractivity contribution in [3.05, 3.63) is 263 Å². The Bertz CT molecular complexity index is 3800. The molecule has 2 heteroatoms. The average molecular weight is 949 g/mol. The van der Waals surface area contributed by atoms with E-state index in [0.29, 0.717) is 0 Å². The zero-order chi connectivity index (χ0) is 49.5.